The Morgan fingerprint density at radius 2 is 2.57 bits per heavy atom. The molecule has 0 aliphatic heterocycles. The van der Waals surface area contributed by atoms with Crippen LogP contribution in [0.3, 0.4) is 0 Å². The molecule has 1 atom stereocenters. The maximum Gasteiger partial charge on any atom is 0.0740 e. The number of hydrogen-bond acceptors (Lipinski definition) is 2. The van der Waals surface area contributed by atoms with Gasteiger partial charge in [-0.2, -0.15) is 0 Å². The first kappa shape index (κ1) is 6.27. The predicted octanol–water partition coefficient (Wildman–Crippen LogP) is 0.839. The molecule has 0 aliphatic rings. The summed E-state index contributed by atoms with van der Waals surface area (Å²) in [6, 6.07) is 0. The van der Waals surface area contributed by atoms with E-state index in [1.54, 1.807) is 0 Å². The van der Waals surface area contributed by atoms with E-state index in [9.17, 15) is 0 Å². The van der Waals surface area contributed by atoms with Crippen molar-refractivity contribution in [2.24, 2.45) is 5.11 Å². The van der Waals surface area contributed by atoms with E-state index in [1.165, 1.54) is 6.92 Å². The summed E-state index contributed by atoms with van der Waals surface area (Å²) in [5.74, 6) is 0. The van der Waals surface area contributed by atoms with E-state index in [4.69, 9.17) is 10.6 Å². The molecule has 7 heavy (non-hydrogen) atoms. The Bertz CT molecular complexity index is 84.2. The van der Waals surface area contributed by atoms with Crippen molar-refractivity contribution < 1.29 is 5.11 Å². The Hall–Kier alpha value is -0.730. The third kappa shape index (κ3) is 5.27. The average Bonchev–Trinajstić information content (AvgIpc) is 1.61. The SMILES string of the molecule is CC(O)[CH]N=[N+]=[N-]. The fraction of sp³-hybridized carbons (Fsp3) is 0.667. The zero-order valence-corrected chi connectivity index (χ0v) is 3.94. The highest BCUT2D eigenvalue weighted by atomic mass is 16.3. The van der Waals surface area contributed by atoms with E-state index >= 15 is 0 Å². The molecule has 0 fully saturated rings. The van der Waals surface area contributed by atoms with Gasteiger partial charge in [-0.15, -0.1) is 0 Å². The molecule has 0 bridgehead atoms. The van der Waals surface area contributed by atoms with Gasteiger partial charge in [-0.25, -0.2) is 0 Å². The van der Waals surface area contributed by atoms with Crippen LogP contribution >= 0.6 is 0 Å². The van der Waals surface area contributed by atoms with Crippen LogP contribution in [0.5, 0.6) is 0 Å². The van der Waals surface area contributed by atoms with Crippen LogP contribution < -0.4 is 0 Å². The molecule has 1 N–H and O–H groups in total. The summed E-state index contributed by atoms with van der Waals surface area (Å²) >= 11 is 0. The molecule has 0 heterocycles. The molecule has 39 valence electrons. The van der Waals surface area contributed by atoms with E-state index in [0.29, 0.717) is 0 Å². The third-order valence-corrected chi connectivity index (χ3v) is 0.334. The molecule has 0 aromatic carbocycles. The molecule has 0 amide bonds. The topological polar surface area (TPSA) is 69.0 Å². The Balaban J connectivity index is 3.13. The predicted molar refractivity (Wildman–Crippen MR) is 25.1 cm³/mol. The highest BCUT2D eigenvalue weighted by Crippen LogP contribution is 1.86. The van der Waals surface area contributed by atoms with Crippen LogP contribution in [0, 0.1) is 6.54 Å². The number of azide groups is 1. The normalized spacial score (nSPS) is 12.3. The fourth-order valence-corrected chi connectivity index (χ4v) is 0.126. The summed E-state index contributed by atoms with van der Waals surface area (Å²) in [7, 11) is 0. The van der Waals surface area contributed by atoms with Gasteiger partial charge < -0.3 is 5.11 Å². The number of hydrogen-bond donors (Lipinski definition) is 1. The standard InChI is InChI=1S/C3H6N3O/c1-3(7)2-5-6-4/h2-3,7H,1H3. The van der Waals surface area contributed by atoms with Crippen molar-refractivity contribution in [2.75, 3.05) is 0 Å². The van der Waals surface area contributed by atoms with Crippen LogP contribution in [0.25, 0.3) is 10.4 Å². The van der Waals surface area contributed by atoms with Gasteiger partial charge in [0.05, 0.1) is 12.6 Å². The molecule has 0 spiro atoms. The van der Waals surface area contributed by atoms with Crippen molar-refractivity contribution in [1.82, 2.24) is 0 Å². The van der Waals surface area contributed by atoms with Crippen LogP contribution in [0.1, 0.15) is 6.92 Å². The minimum Gasteiger partial charge on any atom is -0.393 e. The summed E-state index contributed by atoms with van der Waals surface area (Å²) < 4.78 is 0. The van der Waals surface area contributed by atoms with E-state index in [2.05, 4.69) is 10.0 Å². The number of aliphatic hydroxyl groups excluding tert-OH is 1. The zero-order chi connectivity index (χ0) is 5.70. The first-order valence-corrected chi connectivity index (χ1v) is 1.83. The van der Waals surface area contributed by atoms with Gasteiger partial charge in [-0.05, 0) is 12.5 Å². The zero-order valence-electron chi connectivity index (χ0n) is 3.94. The molecular formula is C3H6N3O. The van der Waals surface area contributed by atoms with Crippen molar-refractivity contribution in [3.8, 4) is 0 Å². The quantitative estimate of drug-likeness (QED) is 0.312. The number of aliphatic hydroxyl groups is 1. The Kier molecular flexibility index (Phi) is 3.10. The molecule has 1 radical (unpaired) electrons. The van der Waals surface area contributed by atoms with Gasteiger partial charge in [0.15, 0.2) is 0 Å². The van der Waals surface area contributed by atoms with Gasteiger partial charge in [-0.1, -0.05) is 5.11 Å². The summed E-state index contributed by atoms with van der Waals surface area (Å²) in [6.45, 7) is 2.62. The van der Waals surface area contributed by atoms with E-state index in [-0.39, 0.29) is 0 Å². The lowest BCUT2D eigenvalue weighted by atomic mass is 10.4. The highest BCUT2D eigenvalue weighted by molar-refractivity contribution is 4.67. The molecule has 4 heteroatoms. The monoisotopic (exact) mass is 100 g/mol. The van der Waals surface area contributed by atoms with Crippen LogP contribution in [0.4, 0.5) is 0 Å². The first-order valence-electron chi connectivity index (χ1n) is 1.83. The van der Waals surface area contributed by atoms with Crippen LogP contribution in [-0.4, -0.2) is 11.2 Å². The second-order valence-corrected chi connectivity index (χ2v) is 1.09. The largest absolute Gasteiger partial charge is 0.393 e. The Morgan fingerprint density at radius 1 is 2.00 bits per heavy atom. The molecule has 0 aromatic heterocycles. The summed E-state index contributed by atoms with van der Waals surface area (Å²) in [5.41, 5.74) is 7.63. The van der Waals surface area contributed by atoms with Crippen molar-refractivity contribution in [1.29, 1.82) is 0 Å². The van der Waals surface area contributed by atoms with Crippen LogP contribution in [-0.2, 0) is 0 Å². The average molecular weight is 100 g/mol. The van der Waals surface area contributed by atoms with Gasteiger partial charge in [-0.3, -0.25) is 0 Å². The van der Waals surface area contributed by atoms with E-state index < -0.39 is 6.10 Å². The van der Waals surface area contributed by atoms with E-state index in [0.717, 1.165) is 6.54 Å². The number of nitrogens with zero attached hydrogens (tertiary/aromatic N) is 3. The molecule has 0 rings (SSSR count). The van der Waals surface area contributed by atoms with Crippen molar-refractivity contribution in [2.45, 2.75) is 13.0 Å². The summed E-state index contributed by atoms with van der Waals surface area (Å²) in [6.07, 6.45) is -0.643. The smallest absolute Gasteiger partial charge is 0.0740 e. The summed E-state index contributed by atoms with van der Waals surface area (Å²) in [4.78, 5) is 2.39. The molecular weight excluding hydrogens is 94.1 g/mol. The lowest BCUT2D eigenvalue weighted by Gasteiger charge is -1.90. The Labute approximate surface area is 41.4 Å². The third-order valence-electron chi connectivity index (χ3n) is 0.334. The maximum absolute atomic E-state index is 8.36. The fourth-order valence-electron chi connectivity index (χ4n) is 0.126. The van der Waals surface area contributed by atoms with Crippen molar-refractivity contribution in [3.63, 3.8) is 0 Å². The van der Waals surface area contributed by atoms with Crippen LogP contribution in [0.15, 0.2) is 5.11 Å². The number of rotatable bonds is 2. The molecule has 4 nitrogen and oxygen atoms in total. The van der Waals surface area contributed by atoms with Gasteiger partial charge >= 0.3 is 0 Å². The first-order chi connectivity index (χ1) is 3.27. The van der Waals surface area contributed by atoms with Crippen LogP contribution in [0.2, 0.25) is 0 Å². The second-order valence-electron chi connectivity index (χ2n) is 1.09. The van der Waals surface area contributed by atoms with E-state index in [1.807, 2.05) is 0 Å². The summed E-state index contributed by atoms with van der Waals surface area (Å²) in [5, 5.41) is 11.3. The highest BCUT2D eigenvalue weighted by Gasteiger charge is 1.87. The minimum absolute atomic E-state index is 0.643. The molecule has 0 saturated heterocycles. The minimum atomic E-state index is -0.643. The van der Waals surface area contributed by atoms with Crippen molar-refractivity contribution in [3.05, 3.63) is 17.0 Å². The lowest BCUT2D eigenvalue weighted by Crippen LogP contribution is -1.95. The van der Waals surface area contributed by atoms with Gasteiger partial charge in [0.25, 0.3) is 0 Å². The van der Waals surface area contributed by atoms with Gasteiger partial charge in [0.2, 0.25) is 0 Å². The molecule has 0 aliphatic carbocycles. The maximum atomic E-state index is 8.36. The lowest BCUT2D eigenvalue weighted by molar-refractivity contribution is 0.226. The van der Waals surface area contributed by atoms with Gasteiger partial charge in [0, 0.05) is 4.91 Å². The molecule has 0 aromatic rings. The Morgan fingerprint density at radius 3 is 2.71 bits per heavy atom. The molecule has 0 saturated carbocycles. The van der Waals surface area contributed by atoms with Crippen molar-refractivity contribution >= 4 is 0 Å². The second kappa shape index (κ2) is 3.46. The molecule has 1 unspecified atom stereocenters. The van der Waals surface area contributed by atoms with Gasteiger partial charge in [0.1, 0.15) is 0 Å².